The zero-order chi connectivity index (χ0) is 11.1. The fourth-order valence-electron chi connectivity index (χ4n) is 3.28. The summed E-state index contributed by atoms with van der Waals surface area (Å²) in [7, 11) is -2.99. The summed E-state index contributed by atoms with van der Waals surface area (Å²) in [5.41, 5.74) is 0. The molecule has 2 aliphatic rings. The molecule has 1 aliphatic carbocycles. The lowest BCUT2D eigenvalue weighted by Crippen LogP contribution is -2.51. The van der Waals surface area contributed by atoms with Crippen LogP contribution in [0.15, 0.2) is 0 Å². The molecule has 3 atom stereocenters. The van der Waals surface area contributed by atoms with Crippen molar-refractivity contribution in [2.24, 2.45) is 11.8 Å². The van der Waals surface area contributed by atoms with Crippen molar-refractivity contribution in [2.45, 2.75) is 45.1 Å². The molecule has 3 nitrogen and oxygen atoms in total. The van der Waals surface area contributed by atoms with Crippen molar-refractivity contribution < 1.29 is 8.42 Å². The van der Waals surface area contributed by atoms with Gasteiger partial charge in [0.15, 0.2) is 0 Å². The van der Waals surface area contributed by atoms with Crippen molar-refractivity contribution in [3.63, 3.8) is 0 Å². The molecule has 2 rings (SSSR count). The lowest BCUT2D eigenvalue weighted by molar-refractivity contribution is 0.0832. The normalized spacial score (nSPS) is 38.7. The van der Waals surface area contributed by atoms with Gasteiger partial charge in [-0.25, -0.2) is 8.42 Å². The van der Waals surface area contributed by atoms with E-state index in [0.717, 1.165) is 19.4 Å². The van der Waals surface area contributed by atoms with Crippen LogP contribution in [0.3, 0.4) is 0 Å². The Balaban J connectivity index is 2.21. The number of sulfonamides is 1. The molecule has 0 unspecified atom stereocenters. The molecule has 2 fully saturated rings. The van der Waals surface area contributed by atoms with Gasteiger partial charge in [0.05, 0.1) is 6.26 Å². The highest BCUT2D eigenvalue weighted by Gasteiger charge is 2.40. The minimum absolute atomic E-state index is 0.303. The minimum Gasteiger partial charge on any atom is -0.212 e. The summed E-state index contributed by atoms with van der Waals surface area (Å²) in [6.45, 7) is 3.02. The number of hydrogen-bond donors (Lipinski definition) is 0. The van der Waals surface area contributed by atoms with E-state index in [1.54, 1.807) is 4.31 Å². The Hall–Kier alpha value is -0.0900. The van der Waals surface area contributed by atoms with E-state index in [1.165, 1.54) is 25.5 Å². The smallest absolute Gasteiger partial charge is 0.211 e. The highest BCUT2D eigenvalue weighted by atomic mass is 32.2. The fraction of sp³-hybridized carbons (Fsp3) is 1.00. The van der Waals surface area contributed by atoms with Crippen molar-refractivity contribution in [1.29, 1.82) is 0 Å². The molecule has 0 bridgehead atoms. The van der Waals surface area contributed by atoms with Gasteiger partial charge in [-0.1, -0.05) is 19.8 Å². The third kappa shape index (κ3) is 2.21. The zero-order valence-electron chi connectivity index (χ0n) is 9.65. The lowest BCUT2D eigenvalue weighted by atomic mass is 9.74. The molecule has 15 heavy (non-hydrogen) atoms. The van der Waals surface area contributed by atoms with Gasteiger partial charge in [0.2, 0.25) is 10.0 Å². The standard InChI is InChI=1S/C11H21NO2S/c1-9-7-8-12(15(2,13)14)11-6-4-3-5-10(9)11/h9-11H,3-8H2,1-2H3/t9-,10+,11+/m1/s1. The van der Waals surface area contributed by atoms with E-state index >= 15 is 0 Å². The Morgan fingerprint density at radius 3 is 2.47 bits per heavy atom. The van der Waals surface area contributed by atoms with E-state index in [1.807, 2.05) is 0 Å². The Morgan fingerprint density at radius 1 is 1.13 bits per heavy atom. The molecule has 0 aromatic carbocycles. The van der Waals surface area contributed by atoms with Crippen LogP contribution in [0, 0.1) is 11.8 Å². The van der Waals surface area contributed by atoms with E-state index in [9.17, 15) is 8.42 Å². The van der Waals surface area contributed by atoms with Gasteiger partial charge in [-0.3, -0.25) is 0 Å². The molecule has 0 aromatic rings. The highest BCUT2D eigenvalue weighted by molar-refractivity contribution is 7.88. The van der Waals surface area contributed by atoms with Crippen LogP contribution in [0.2, 0.25) is 0 Å². The first-order chi connectivity index (χ1) is 7.00. The summed E-state index contributed by atoms with van der Waals surface area (Å²) in [6, 6.07) is 0.303. The second-order valence-corrected chi connectivity index (χ2v) is 7.09. The largest absolute Gasteiger partial charge is 0.212 e. The van der Waals surface area contributed by atoms with Crippen molar-refractivity contribution in [3.8, 4) is 0 Å². The maximum Gasteiger partial charge on any atom is 0.211 e. The molecule has 1 heterocycles. The van der Waals surface area contributed by atoms with E-state index in [-0.39, 0.29) is 0 Å². The van der Waals surface area contributed by atoms with Crippen LogP contribution in [0.1, 0.15) is 39.0 Å². The monoisotopic (exact) mass is 231 g/mol. The topological polar surface area (TPSA) is 37.4 Å². The second-order valence-electron chi connectivity index (χ2n) is 5.16. The molecule has 0 radical (unpaired) electrons. The summed E-state index contributed by atoms with van der Waals surface area (Å²) in [5, 5.41) is 0. The summed E-state index contributed by atoms with van der Waals surface area (Å²) in [4.78, 5) is 0. The van der Waals surface area contributed by atoms with Crippen LogP contribution in [-0.2, 0) is 10.0 Å². The number of piperidine rings is 1. The molecule has 0 spiro atoms. The lowest BCUT2D eigenvalue weighted by Gasteiger charge is -2.45. The average Bonchev–Trinajstić information content (AvgIpc) is 2.17. The maximum absolute atomic E-state index is 11.7. The van der Waals surface area contributed by atoms with Crippen LogP contribution < -0.4 is 0 Å². The molecule has 1 saturated heterocycles. The minimum atomic E-state index is -2.99. The molecular formula is C11H21NO2S. The van der Waals surface area contributed by atoms with E-state index < -0.39 is 10.0 Å². The molecular weight excluding hydrogens is 210 g/mol. The Kier molecular flexibility index (Phi) is 3.08. The van der Waals surface area contributed by atoms with Crippen molar-refractivity contribution in [1.82, 2.24) is 4.31 Å². The number of hydrogen-bond acceptors (Lipinski definition) is 2. The number of nitrogens with zero attached hydrogens (tertiary/aromatic N) is 1. The summed E-state index contributed by atoms with van der Waals surface area (Å²) in [6.07, 6.45) is 7.16. The van der Waals surface area contributed by atoms with Crippen LogP contribution in [-0.4, -0.2) is 31.6 Å². The van der Waals surface area contributed by atoms with Gasteiger partial charge in [0, 0.05) is 12.6 Å². The van der Waals surface area contributed by atoms with Gasteiger partial charge < -0.3 is 0 Å². The van der Waals surface area contributed by atoms with E-state index in [0.29, 0.717) is 17.9 Å². The van der Waals surface area contributed by atoms with Gasteiger partial charge in [-0.05, 0) is 31.1 Å². The third-order valence-corrected chi connectivity index (χ3v) is 5.42. The van der Waals surface area contributed by atoms with Crippen LogP contribution >= 0.6 is 0 Å². The van der Waals surface area contributed by atoms with Crippen molar-refractivity contribution >= 4 is 10.0 Å². The first kappa shape index (κ1) is 11.4. The summed E-state index contributed by atoms with van der Waals surface area (Å²) >= 11 is 0. The first-order valence-corrected chi connectivity index (χ1v) is 7.82. The number of fused-ring (bicyclic) bond motifs is 1. The van der Waals surface area contributed by atoms with Crippen molar-refractivity contribution in [2.75, 3.05) is 12.8 Å². The molecule has 1 aliphatic heterocycles. The molecule has 0 N–H and O–H groups in total. The first-order valence-electron chi connectivity index (χ1n) is 5.97. The van der Waals surface area contributed by atoms with Crippen LogP contribution in [0.25, 0.3) is 0 Å². The molecule has 88 valence electrons. The molecule has 4 heteroatoms. The Morgan fingerprint density at radius 2 is 1.80 bits per heavy atom. The fourth-order valence-corrected chi connectivity index (χ4v) is 4.47. The Labute approximate surface area is 92.9 Å². The average molecular weight is 231 g/mol. The van der Waals surface area contributed by atoms with Gasteiger partial charge >= 0.3 is 0 Å². The second kappa shape index (κ2) is 4.06. The van der Waals surface area contributed by atoms with E-state index in [4.69, 9.17) is 0 Å². The third-order valence-electron chi connectivity index (χ3n) is 4.11. The Bertz CT molecular complexity index is 325. The summed E-state index contributed by atoms with van der Waals surface area (Å²) in [5.74, 6) is 1.32. The molecule has 1 saturated carbocycles. The van der Waals surface area contributed by atoms with Crippen molar-refractivity contribution in [3.05, 3.63) is 0 Å². The molecule has 0 amide bonds. The van der Waals surface area contributed by atoms with Crippen LogP contribution in [0.5, 0.6) is 0 Å². The van der Waals surface area contributed by atoms with Gasteiger partial charge in [0.25, 0.3) is 0 Å². The predicted octanol–water partition coefficient (Wildman–Crippen LogP) is 1.85. The SMILES string of the molecule is C[C@@H]1CCN(S(C)(=O)=O)[C@H]2CCCC[C@@H]12. The highest BCUT2D eigenvalue weighted by Crippen LogP contribution is 2.39. The quantitative estimate of drug-likeness (QED) is 0.690. The van der Waals surface area contributed by atoms with Gasteiger partial charge in [-0.15, -0.1) is 0 Å². The van der Waals surface area contributed by atoms with Gasteiger partial charge in [-0.2, -0.15) is 4.31 Å². The summed E-state index contributed by atoms with van der Waals surface area (Å²) < 4.78 is 25.1. The van der Waals surface area contributed by atoms with E-state index in [2.05, 4.69) is 6.92 Å². The number of rotatable bonds is 1. The maximum atomic E-state index is 11.7. The molecule has 0 aromatic heterocycles. The van der Waals surface area contributed by atoms with Crippen LogP contribution in [0.4, 0.5) is 0 Å². The predicted molar refractivity (Wildman–Crippen MR) is 61.1 cm³/mol. The van der Waals surface area contributed by atoms with Gasteiger partial charge in [0.1, 0.15) is 0 Å². The zero-order valence-corrected chi connectivity index (χ0v) is 10.5.